The topological polar surface area (TPSA) is 78.0 Å². The summed E-state index contributed by atoms with van der Waals surface area (Å²) >= 11 is 0. The van der Waals surface area contributed by atoms with Crippen LogP contribution in [0.4, 0.5) is 11.4 Å². The summed E-state index contributed by atoms with van der Waals surface area (Å²) in [7, 11) is 1.63. The van der Waals surface area contributed by atoms with Gasteiger partial charge in [-0.2, -0.15) is 0 Å². The molecule has 1 N–H and O–H groups in total. The molecule has 3 aromatic carbocycles. The Hall–Kier alpha value is -3.88. The van der Waals surface area contributed by atoms with Crippen LogP contribution in [0.5, 0.6) is 23.1 Å². The predicted molar refractivity (Wildman–Crippen MR) is 154 cm³/mol. The summed E-state index contributed by atoms with van der Waals surface area (Å²) < 4.78 is 23.3. The minimum absolute atomic E-state index is 0.129. The van der Waals surface area contributed by atoms with Gasteiger partial charge < -0.3 is 24.3 Å². The fourth-order valence-corrected chi connectivity index (χ4v) is 4.44. The first kappa shape index (κ1) is 26.7. The summed E-state index contributed by atoms with van der Waals surface area (Å²) in [4.78, 5) is 11.1. The second-order valence-corrected chi connectivity index (χ2v) is 10.6. The quantitative estimate of drug-likeness (QED) is 0.276. The van der Waals surface area contributed by atoms with Crippen molar-refractivity contribution in [2.45, 2.75) is 26.2 Å². The lowest BCUT2D eigenvalue weighted by atomic mass is 9.87. The molecular formula is C31H36N4O4. The van der Waals surface area contributed by atoms with Gasteiger partial charge in [-0.05, 0) is 53.4 Å². The normalized spacial score (nSPS) is 14.3. The van der Waals surface area contributed by atoms with E-state index in [4.69, 9.17) is 18.9 Å². The van der Waals surface area contributed by atoms with Crippen molar-refractivity contribution in [2.24, 2.45) is 0 Å². The van der Waals surface area contributed by atoms with Gasteiger partial charge in [0.15, 0.2) is 11.5 Å². The molecule has 8 nitrogen and oxygen atoms in total. The molecule has 8 heteroatoms. The van der Waals surface area contributed by atoms with Gasteiger partial charge in [0.25, 0.3) is 0 Å². The zero-order chi connectivity index (χ0) is 27.2. The molecule has 0 bridgehead atoms. The van der Waals surface area contributed by atoms with E-state index in [1.165, 1.54) is 11.9 Å². The van der Waals surface area contributed by atoms with Crippen LogP contribution in [0.1, 0.15) is 26.3 Å². The van der Waals surface area contributed by atoms with Crippen LogP contribution in [-0.2, 0) is 10.2 Å². The Morgan fingerprint density at radius 1 is 0.897 bits per heavy atom. The van der Waals surface area contributed by atoms with Crippen molar-refractivity contribution in [1.29, 1.82) is 0 Å². The van der Waals surface area contributed by atoms with Crippen molar-refractivity contribution >= 4 is 22.3 Å². The number of hydrogen-bond donors (Lipinski definition) is 1. The van der Waals surface area contributed by atoms with Crippen LogP contribution in [0.2, 0.25) is 0 Å². The highest BCUT2D eigenvalue weighted by molar-refractivity contribution is 5.87. The zero-order valence-corrected chi connectivity index (χ0v) is 23.1. The zero-order valence-electron chi connectivity index (χ0n) is 23.1. The van der Waals surface area contributed by atoms with Crippen LogP contribution < -0.4 is 19.5 Å². The van der Waals surface area contributed by atoms with Gasteiger partial charge in [0.2, 0.25) is 5.88 Å². The molecule has 1 aromatic heterocycles. The van der Waals surface area contributed by atoms with Crippen LogP contribution in [0.3, 0.4) is 0 Å². The van der Waals surface area contributed by atoms with Gasteiger partial charge in [-0.3, -0.25) is 4.90 Å². The summed E-state index contributed by atoms with van der Waals surface area (Å²) in [5.74, 6) is 2.39. The molecule has 4 aromatic rings. The highest BCUT2D eigenvalue weighted by atomic mass is 16.5. The van der Waals surface area contributed by atoms with Gasteiger partial charge in [-0.15, -0.1) is 0 Å². The minimum atomic E-state index is 0.129. The Kier molecular flexibility index (Phi) is 8.14. The Bertz CT molecular complexity index is 1380. The summed E-state index contributed by atoms with van der Waals surface area (Å²) in [6.07, 6.45) is 1.50. The molecule has 0 spiro atoms. The third kappa shape index (κ3) is 6.77. The molecule has 0 radical (unpaired) electrons. The van der Waals surface area contributed by atoms with E-state index in [1.807, 2.05) is 36.4 Å². The van der Waals surface area contributed by atoms with Gasteiger partial charge >= 0.3 is 0 Å². The molecule has 2 heterocycles. The standard InChI is InChI=1S/C31H36N4O4/c1-31(2,3)22-5-7-23(8-6-22)34-24-9-11-25(12-10-24)39-30-26-19-28(36-4)29(20-27(26)32-21-33-30)38-18-15-35-13-16-37-17-14-35/h5-12,19-21,34H,13-18H2,1-4H3. The van der Waals surface area contributed by atoms with Gasteiger partial charge in [-0.1, -0.05) is 32.9 Å². The number of nitrogens with one attached hydrogen (secondary N) is 1. The van der Waals surface area contributed by atoms with Crippen molar-refractivity contribution < 1.29 is 18.9 Å². The largest absolute Gasteiger partial charge is 0.493 e. The van der Waals surface area contributed by atoms with Crippen molar-refractivity contribution in [1.82, 2.24) is 14.9 Å². The Morgan fingerprint density at radius 3 is 2.26 bits per heavy atom. The highest BCUT2D eigenvalue weighted by Crippen LogP contribution is 2.36. The molecule has 0 atom stereocenters. The number of aromatic nitrogens is 2. The summed E-state index contributed by atoms with van der Waals surface area (Å²) in [6, 6.07) is 20.1. The van der Waals surface area contributed by atoms with E-state index in [0.29, 0.717) is 29.7 Å². The van der Waals surface area contributed by atoms with Crippen LogP contribution >= 0.6 is 0 Å². The van der Waals surface area contributed by atoms with E-state index in [2.05, 4.69) is 65.2 Å². The molecule has 1 aliphatic rings. The van der Waals surface area contributed by atoms with Crippen molar-refractivity contribution in [3.63, 3.8) is 0 Å². The van der Waals surface area contributed by atoms with Gasteiger partial charge in [0.1, 0.15) is 18.7 Å². The van der Waals surface area contributed by atoms with Crippen LogP contribution in [0.25, 0.3) is 10.9 Å². The number of ether oxygens (including phenoxy) is 4. The second-order valence-electron chi connectivity index (χ2n) is 10.6. The van der Waals surface area contributed by atoms with Crippen molar-refractivity contribution in [2.75, 3.05) is 51.9 Å². The summed E-state index contributed by atoms with van der Waals surface area (Å²) in [5.41, 5.74) is 4.16. The van der Waals surface area contributed by atoms with E-state index in [1.54, 1.807) is 7.11 Å². The average Bonchev–Trinajstić information content (AvgIpc) is 2.94. The van der Waals surface area contributed by atoms with E-state index >= 15 is 0 Å². The van der Waals surface area contributed by atoms with Gasteiger partial charge in [-0.25, -0.2) is 9.97 Å². The van der Waals surface area contributed by atoms with Crippen LogP contribution in [0, 0.1) is 0 Å². The van der Waals surface area contributed by atoms with E-state index in [9.17, 15) is 0 Å². The Labute approximate surface area is 229 Å². The van der Waals surface area contributed by atoms with Gasteiger partial charge in [0.05, 0.1) is 31.2 Å². The number of benzene rings is 3. The molecule has 5 rings (SSSR count). The number of anilines is 2. The number of methoxy groups -OCH3 is 1. The molecule has 39 heavy (non-hydrogen) atoms. The maximum Gasteiger partial charge on any atom is 0.230 e. The lowest BCUT2D eigenvalue weighted by molar-refractivity contribution is 0.0321. The third-order valence-corrected chi connectivity index (χ3v) is 6.76. The average molecular weight is 529 g/mol. The number of fused-ring (bicyclic) bond motifs is 1. The molecule has 1 fully saturated rings. The Morgan fingerprint density at radius 2 is 1.59 bits per heavy atom. The monoisotopic (exact) mass is 528 g/mol. The maximum absolute atomic E-state index is 6.16. The minimum Gasteiger partial charge on any atom is -0.493 e. The van der Waals surface area contributed by atoms with Crippen molar-refractivity contribution in [3.8, 4) is 23.1 Å². The molecule has 1 aliphatic heterocycles. The first-order valence-electron chi connectivity index (χ1n) is 13.3. The Balaban J connectivity index is 1.26. The molecule has 0 amide bonds. The lowest BCUT2D eigenvalue weighted by Gasteiger charge is -2.26. The number of rotatable bonds is 9. The predicted octanol–water partition coefficient (Wildman–Crippen LogP) is 6.18. The molecular weight excluding hydrogens is 492 g/mol. The second kappa shape index (κ2) is 11.9. The third-order valence-electron chi connectivity index (χ3n) is 6.76. The van der Waals surface area contributed by atoms with E-state index in [0.717, 1.165) is 55.1 Å². The van der Waals surface area contributed by atoms with E-state index in [-0.39, 0.29) is 5.41 Å². The lowest BCUT2D eigenvalue weighted by Crippen LogP contribution is -2.38. The number of morpholine rings is 1. The first-order valence-corrected chi connectivity index (χ1v) is 13.3. The van der Waals surface area contributed by atoms with Crippen LogP contribution in [0.15, 0.2) is 67.0 Å². The molecule has 204 valence electrons. The summed E-state index contributed by atoms with van der Waals surface area (Å²) in [5, 5.41) is 4.19. The summed E-state index contributed by atoms with van der Waals surface area (Å²) in [6.45, 7) is 11.4. The first-order chi connectivity index (χ1) is 18.9. The molecule has 1 saturated heterocycles. The van der Waals surface area contributed by atoms with E-state index < -0.39 is 0 Å². The van der Waals surface area contributed by atoms with Crippen LogP contribution in [-0.4, -0.2) is 61.4 Å². The van der Waals surface area contributed by atoms with Crippen molar-refractivity contribution in [3.05, 3.63) is 72.6 Å². The smallest absolute Gasteiger partial charge is 0.230 e. The highest BCUT2D eigenvalue weighted by Gasteiger charge is 2.15. The molecule has 0 saturated carbocycles. The van der Waals surface area contributed by atoms with Gasteiger partial charge in [0, 0.05) is 37.1 Å². The fourth-order valence-electron chi connectivity index (χ4n) is 4.44. The SMILES string of the molecule is COc1cc2c(Oc3ccc(Nc4ccc(C(C)(C)C)cc4)cc3)ncnc2cc1OCCN1CCOCC1. The molecule has 0 unspecified atom stereocenters. The maximum atomic E-state index is 6.16. The molecule has 0 aliphatic carbocycles. The fraction of sp³-hybridized carbons (Fsp3) is 0.355. The number of hydrogen-bond acceptors (Lipinski definition) is 8. The number of nitrogens with zero attached hydrogens (tertiary/aromatic N) is 3.